The number of methoxy groups -OCH3 is 1. The number of carbonyl (C=O) groups is 2. The number of ether oxygens (including phenoxy) is 2. The van der Waals surface area contributed by atoms with E-state index < -0.39 is 5.97 Å². The minimum absolute atomic E-state index is 0.323. The maximum absolute atomic E-state index is 12.1. The highest BCUT2D eigenvalue weighted by atomic mass is 16.5. The van der Waals surface area contributed by atoms with Gasteiger partial charge in [-0.2, -0.15) is 0 Å². The van der Waals surface area contributed by atoms with Gasteiger partial charge in [0.15, 0.2) is 6.61 Å². The molecule has 0 heterocycles. The molecule has 2 rings (SSSR count). The van der Waals surface area contributed by atoms with Crippen LogP contribution in [0.3, 0.4) is 0 Å². The summed E-state index contributed by atoms with van der Waals surface area (Å²) >= 11 is 0. The highest BCUT2D eigenvalue weighted by molar-refractivity contribution is 5.96. The number of hydrogen-bond donors (Lipinski definition) is 1. The first-order valence-corrected chi connectivity index (χ1v) is 8.18. The molecule has 0 aliphatic heterocycles. The zero-order valence-electron chi connectivity index (χ0n) is 14.8. The standard InChI is InChI=1S/C20H23NO4/c1-4-16-7-5-6-14(2)19(16)21-18(22)13-25-20(23)17-10-8-15(9-11-17)12-24-3/h5-11H,4,12-13H2,1-3H3,(H,21,22). The van der Waals surface area contributed by atoms with Crippen LogP contribution in [-0.4, -0.2) is 25.6 Å². The fourth-order valence-electron chi connectivity index (χ4n) is 2.50. The Morgan fingerprint density at radius 1 is 1.08 bits per heavy atom. The number of amides is 1. The minimum Gasteiger partial charge on any atom is -0.452 e. The van der Waals surface area contributed by atoms with Crippen molar-refractivity contribution < 1.29 is 19.1 Å². The molecule has 5 heteroatoms. The van der Waals surface area contributed by atoms with Crippen molar-refractivity contribution in [3.05, 3.63) is 64.7 Å². The van der Waals surface area contributed by atoms with Gasteiger partial charge in [-0.1, -0.05) is 37.3 Å². The predicted octanol–water partition coefficient (Wildman–Crippen LogP) is 3.50. The summed E-state index contributed by atoms with van der Waals surface area (Å²) in [5, 5.41) is 2.83. The van der Waals surface area contributed by atoms with Gasteiger partial charge in [0.2, 0.25) is 0 Å². The molecule has 0 saturated carbocycles. The van der Waals surface area contributed by atoms with Crippen molar-refractivity contribution in [1.29, 1.82) is 0 Å². The number of anilines is 1. The predicted molar refractivity (Wildman–Crippen MR) is 96.6 cm³/mol. The van der Waals surface area contributed by atoms with Crippen LogP contribution in [0, 0.1) is 6.92 Å². The average molecular weight is 341 g/mol. The number of para-hydroxylation sites is 1. The van der Waals surface area contributed by atoms with Crippen molar-refractivity contribution in [1.82, 2.24) is 0 Å². The molecule has 1 N–H and O–H groups in total. The van der Waals surface area contributed by atoms with Crippen LogP contribution in [0.25, 0.3) is 0 Å². The van der Waals surface area contributed by atoms with E-state index >= 15 is 0 Å². The van der Waals surface area contributed by atoms with Crippen molar-refractivity contribution in [2.45, 2.75) is 26.9 Å². The second kappa shape index (κ2) is 8.99. The number of esters is 1. The highest BCUT2D eigenvalue weighted by Gasteiger charge is 2.12. The van der Waals surface area contributed by atoms with Crippen molar-refractivity contribution in [2.75, 3.05) is 19.0 Å². The van der Waals surface area contributed by atoms with E-state index in [0.717, 1.165) is 28.8 Å². The van der Waals surface area contributed by atoms with E-state index in [0.29, 0.717) is 12.2 Å². The van der Waals surface area contributed by atoms with Gasteiger partial charge in [-0.25, -0.2) is 4.79 Å². The lowest BCUT2D eigenvalue weighted by Crippen LogP contribution is -2.22. The lowest BCUT2D eigenvalue weighted by atomic mass is 10.1. The first kappa shape index (κ1) is 18.7. The van der Waals surface area contributed by atoms with E-state index in [1.54, 1.807) is 31.4 Å². The van der Waals surface area contributed by atoms with Gasteiger partial charge in [0.25, 0.3) is 5.91 Å². The van der Waals surface area contributed by atoms with Crippen LogP contribution in [-0.2, 0) is 27.3 Å². The largest absolute Gasteiger partial charge is 0.452 e. The maximum atomic E-state index is 12.1. The summed E-state index contributed by atoms with van der Waals surface area (Å²) < 4.78 is 10.1. The Labute approximate surface area is 148 Å². The van der Waals surface area contributed by atoms with Gasteiger partial charge in [0, 0.05) is 12.8 Å². The molecule has 0 aliphatic rings. The van der Waals surface area contributed by atoms with Crippen molar-refractivity contribution >= 4 is 17.6 Å². The van der Waals surface area contributed by atoms with E-state index in [4.69, 9.17) is 9.47 Å². The summed E-state index contributed by atoms with van der Waals surface area (Å²) in [6, 6.07) is 12.8. The van der Waals surface area contributed by atoms with Crippen LogP contribution in [0.1, 0.15) is 34.0 Å². The molecular formula is C20H23NO4. The molecule has 2 aromatic carbocycles. The Hall–Kier alpha value is -2.66. The van der Waals surface area contributed by atoms with Gasteiger partial charge in [-0.05, 0) is 42.2 Å². The molecule has 0 aromatic heterocycles. The van der Waals surface area contributed by atoms with Gasteiger partial charge in [0.05, 0.1) is 12.2 Å². The third-order valence-electron chi connectivity index (χ3n) is 3.84. The van der Waals surface area contributed by atoms with Crippen molar-refractivity contribution in [3.8, 4) is 0 Å². The quantitative estimate of drug-likeness (QED) is 0.783. The molecule has 2 aromatic rings. The molecule has 0 fully saturated rings. The van der Waals surface area contributed by atoms with E-state index in [1.165, 1.54) is 0 Å². The molecule has 0 bridgehead atoms. The van der Waals surface area contributed by atoms with E-state index in [2.05, 4.69) is 5.32 Å². The van der Waals surface area contributed by atoms with Gasteiger partial charge < -0.3 is 14.8 Å². The monoisotopic (exact) mass is 341 g/mol. The van der Waals surface area contributed by atoms with Crippen LogP contribution in [0.15, 0.2) is 42.5 Å². The molecular weight excluding hydrogens is 318 g/mol. The SMILES string of the molecule is CCc1cccc(C)c1NC(=O)COC(=O)c1ccc(COC)cc1. The maximum Gasteiger partial charge on any atom is 0.338 e. The van der Waals surface area contributed by atoms with Gasteiger partial charge >= 0.3 is 5.97 Å². The zero-order chi connectivity index (χ0) is 18.2. The summed E-state index contributed by atoms with van der Waals surface area (Å²) in [5.74, 6) is -0.882. The van der Waals surface area contributed by atoms with Crippen LogP contribution in [0.4, 0.5) is 5.69 Å². The first-order valence-electron chi connectivity index (χ1n) is 8.18. The third-order valence-corrected chi connectivity index (χ3v) is 3.84. The Balaban J connectivity index is 1.92. The zero-order valence-corrected chi connectivity index (χ0v) is 14.8. The van der Waals surface area contributed by atoms with E-state index in [-0.39, 0.29) is 12.5 Å². The Bertz CT molecular complexity index is 738. The summed E-state index contributed by atoms with van der Waals surface area (Å²) in [6.45, 7) is 4.12. The van der Waals surface area contributed by atoms with Crippen LogP contribution in [0.5, 0.6) is 0 Å². The van der Waals surface area contributed by atoms with Crippen LogP contribution < -0.4 is 5.32 Å². The number of carbonyl (C=O) groups excluding carboxylic acids is 2. The molecule has 132 valence electrons. The lowest BCUT2D eigenvalue weighted by Gasteiger charge is -2.13. The molecule has 5 nitrogen and oxygen atoms in total. The second-order valence-electron chi connectivity index (χ2n) is 5.72. The molecule has 0 unspecified atom stereocenters. The Morgan fingerprint density at radius 2 is 1.80 bits per heavy atom. The molecule has 0 saturated heterocycles. The topological polar surface area (TPSA) is 64.6 Å². The summed E-state index contributed by atoms with van der Waals surface area (Å²) in [4.78, 5) is 24.1. The van der Waals surface area contributed by atoms with Crippen molar-refractivity contribution in [2.24, 2.45) is 0 Å². The van der Waals surface area contributed by atoms with Gasteiger partial charge in [-0.15, -0.1) is 0 Å². The normalized spacial score (nSPS) is 10.4. The summed E-state index contributed by atoms with van der Waals surface area (Å²) in [6.07, 6.45) is 0.810. The van der Waals surface area contributed by atoms with Gasteiger partial charge in [-0.3, -0.25) is 4.79 Å². The smallest absolute Gasteiger partial charge is 0.338 e. The highest BCUT2D eigenvalue weighted by Crippen LogP contribution is 2.20. The number of rotatable bonds is 7. The Kier molecular flexibility index (Phi) is 6.71. The lowest BCUT2D eigenvalue weighted by molar-refractivity contribution is -0.119. The average Bonchev–Trinajstić information content (AvgIpc) is 2.62. The fraction of sp³-hybridized carbons (Fsp3) is 0.300. The van der Waals surface area contributed by atoms with Crippen LogP contribution in [0.2, 0.25) is 0 Å². The summed E-state index contributed by atoms with van der Waals surface area (Å²) in [7, 11) is 1.61. The molecule has 0 radical (unpaired) electrons. The number of nitrogens with one attached hydrogen (secondary N) is 1. The minimum atomic E-state index is -0.528. The molecule has 25 heavy (non-hydrogen) atoms. The van der Waals surface area contributed by atoms with E-state index in [1.807, 2.05) is 32.0 Å². The molecule has 0 spiro atoms. The van der Waals surface area contributed by atoms with E-state index in [9.17, 15) is 9.59 Å². The first-order chi connectivity index (χ1) is 12.0. The number of aryl methyl sites for hydroxylation is 2. The third kappa shape index (κ3) is 5.16. The number of hydrogen-bond acceptors (Lipinski definition) is 4. The van der Waals surface area contributed by atoms with Crippen LogP contribution >= 0.6 is 0 Å². The second-order valence-corrected chi connectivity index (χ2v) is 5.72. The Morgan fingerprint density at radius 3 is 2.44 bits per heavy atom. The summed E-state index contributed by atoms with van der Waals surface area (Å²) in [5.41, 5.74) is 4.18. The number of benzene rings is 2. The molecule has 1 amide bonds. The molecule has 0 aliphatic carbocycles. The molecule has 0 atom stereocenters. The fourth-order valence-corrected chi connectivity index (χ4v) is 2.50. The van der Waals surface area contributed by atoms with Gasteiger partial charge in [0.1, 0.15) is 0 Å². The van der Waals surface area contributed by atoms with Crippen molar-refractivity contribution in [3.63, 3.8) is 0 Å².